The lowest BCUT2D eigenvalue weighted by Gasteiger charge is -2.16. The van der Waals surface area contributed by atoms with E-state index in [1.165, 1.54) is 0 Å². The number of hydrogen-bond donors (Lipinski definition) is 0. The summed E-state index contributed by atoms with van der Waals surface area (Å²) in [6.07, 6.45) is 8.01. The summed E-state index contributed by atoms with van der Waals surface area (Å²) in [5.74, 6) is 1.41. The molecule has 0 amide bonds. The fourth-order valence-corrected chi connectivity index (χ4v) is 4.79. The minimum atomic E-state index is 0.0428. The van der Waals surface area contributed by atoms with Gasteiger partial charge in [-0.3, -0.25) is 18.7 Å². The van der Waals surface area contributed by atoms with Crippen LogP contribution in [0.4, 0.5) is 0 Å². The topological polar surface area (TPSA) is 65.1 Å². The Kier molecular flexibility index (Phi) is 4.16. The number of hydrogen-bond acceptors (Lipinski definition) is 5. The van der Waals surface area contributed by atoms with Crippen LogP contribution >= 0.6 is 11.8 Å². The van der Waals surface area contributed by atoms with Crippen LogP contribution in [-0.4, -0.2) is 24.1 Å². The van der Waals surface area contributed by atoms with Crippen molar-refractivity contribution in [2.45, 2.75) is 42.6 Å². The van der Waals surface area contributed by atoms with E-state index in [9.17, 15) is 4.79 Å². The van der Waals surface area contributed by atoms with Crippen molar-refractivity contribution in [1.82, 2.24) is 24.1 Å². The zero-order valence-corrected chi connectivity index (χ0v) is 15.6. The molecule has 0 unspecified atom stereocenters. The van der Waals surface area contributed by atoms with Gasteiger partial charge in [-0.2, -0.15) is 0 Å². The molecule has 27 heavy (non-hydrogen) atoms. The Balaban J connectivity index is 1.68. The minimum absolute atomic E-state index is 0.0428. The smallest absolute Gasteiger partial charge is 0.263 e. The number of pyridine rings is 1. The van der Waals surface area contributed by atoms with E-state index >= 15 is 0 Å². The van der Waals surface area contributed by atoms with Gasteiger partial charge in [0.2, 0.25) is 5.78 Å². The summed E-state index contributed by atoms with van der Waals surface area (Å²) in [6, 6.07) is 11.9. The van der Waals surface area contributed by atoms with E-state index in [4.69, 9.17) is 0 Å². The van der Waals surface area contributed by atoms with Crippen LogP contribution in [-0.2, 0) is 5.75 Å². The van der Waals surface area contributed by atoms with Crippen LogP contribution in [0.25, 0.3) is 16.7 Å². The third-order valence-corrected chi connectivity index (χ3v) is 6.21. The number of nitrogens with zero attached hydrogens (tertiary/aromatic N) is 5. The van der Waals surface area contributed by atoms with E-state index in [1.807, 2.05) is 45.5 Å². The molecule has 1 aliphatic carbocycles. The Morgan fingerprint density at radius 1 is 1.07 bits per heavy atom. The van der Waals surface area contributed by atoms with Crippen LogP contribution in [0.5, 0.6) is 0 Å². The summed E-state index contributed by atoms with van der Waals surface area (Å²) >= 11 is 1.62. The number of thioether (sulfide) groups is 1. The lowest BCUT2D eigenvalue weighted by molar-refractivity contribution is 0.511. The number of fused-ring (bicyclic) bond motifs is 3. The minimum Gasteiger partial charge on any atom is -0.273 e. The highest BCUT2D eigenvalue weighted by Gasteiger charge is 2.24. The van der Waals surface area contributed by atoms with Gasteiger partial charge in [-0.1, -0.05) is 42.8 Å². The molecule has 3 heterocycles. The largest absolute Gasteiger partial charge is 0.273 e. The molecule has 0 radical (unpaired) electrons. The van der Waals surface area contributed by atoms with Gasteiger partial charge in [0.15, 0.2) is 5.16 Å². The lowest BCUT2D eigenvalue weighted by atomic mass is 10.2. The first-order valence-corrected chi connectivity index (χ1v) is 10.2. The molecule has 7 heteroatoms. The molecule has 0 N–H and O–H groups in total. The Morgan fingerprint density at radius 3 is 2.74 bits per heavy atom. The molecule has 3 aromatic heterocycles. The second-order valence-electron chi connectivity index (χ2n) is 6.90. The van der Waals surface area contributed by atoms with Crippen LogP contribution in [0.3, 0.4) is 0 Å². The SMILES string of the molecule is O=c1c2ccccc2n2c(SCc3cccnc3)nnc2n1C1CCCC1. The van der Waals surface area contributed by atoms with Crippen molar-refractivity contribution in [2.24, 2.45) is 0 Å². The molecular weight excluding hydrogens is 358 g/mol. The zero-order valence-electron chi connectivity index (χ0n) is 14.8. The third kappa shape index (κ3) is 2.82. The van der Waals surface area contributed by atoms with Crippen molar-refractivity contribution in [2.75, 3.05) is 0 Å². The summed E-state index contributed by atoms with van der Waals surface area (Å²) in [5, 5.41) is 10.4. The van der Waals surface area contributed by atoms with E-state index in [0.717, 1.165) is 53.1 Å². The van der Waals surface area contributed by atoms with Gasteiger partial charge in [0.05, 0.1) is 10.9 Å². The monoisotopic (exact) mass is 377 g/mol. The van der Waals surface area contributed by atoms with Crippen molar-refractivity contribution >= 4 is 28.4 Å². The van der Waals surface area contributed by atoms with Crippen LogP contribution < -0.4 is 5.56 Å². The molecule has 5 rings (SSSR count). The van der Waals surface area contributed by atoms with Crippen molar-refractivity contribution in [1.29, 1.82) is 0 Å². The number of rotatable bonds is 4. The van der Waals surface area contributed by atoms with Gasteiger partial charge >= 0.3 is 0 Å². The van der Waals surface area contributed by atoms with Gasteiger partial charge in [0, 0.05) is 24.2 Å². The fraction of sp³-hybridized carbons (Fsp3) is 0.300. The Bertz CT molecular complexity index is 1160. The molecule has 6 nitrogen and oxygen atoms in total. The molecule has 0 spiro atoms. The lowest BCUT2D eigenvalue weighted by Crippen LogP contribution is -2.26. The highest BCUT2D eigenvalue weighted by molar-refractivity contribution is 7.98. The average Bonchev–Trinajstić information content (AvgIpc) is 3.38. The van der Waals surface area contributed by atoms with Gasteiger partial charge in [-0.15, -0.1) is 10.2 Å². The summed E-state index contributed by atoms with van der Waals surface area (Å²) in [5.41, 5.74) is 2.04. The van der Waals surface area contributed by atoms with Crippen LogP contribution in [0.15, 0.2) is 58.7 Å². The Hall–Kier alpha value is -2.67. The van der Waals surface area contributed by atoms with E-state index in [2.05, 4.69) is 21.2 Å². The standard InChI is InChI=1S/C20H19N5OS/c26-18-16-9-3-4-10-17(16)25-19(24(18)15-7-1-2-8-15)22-23-20(25)27-13-14-6-5-11-21-12-14/h3-6,9-12,15H,1-2,7-8,13H2. The van der Waals surface area contributed by atoms with Gasteiger partial charge < -0.3 is 0 Å². The molecule has 0 bridgehead atoms. The highest BCUT2D eigenvalue weighted by atomic mass is 32.2. The second kappa shape index (κ2) is 6.81. The molecule has 4 aromatic rings. The highest BCUT2D eigenvalue weighted by Crippen LogP contribution is 2.31. The summed E-state index contributed by atoms with van der Waals surface area (Å²) < 4.78 is 3.91. The Labute approximate surface area is 160 Å². The normalized spacial score (nSPS) is 15.1. The Morgan fingerprint density at radius 2 is 1.93 bits per heavy atom. The van der Waals surface area contributed by atoms with Gasteiger partial charge in [-0.05, 0) is 36.6 Å². The van der Waals surface area contributed by atoms with E-state index in [0.29, 0.717) is 5.78 Å². The van der Waals surface area contributed by atoms with Crippen molar-refractivity contribution in [3.63, 3.8) is 0 Å². The number of para-hydroxylation sites is 1. The van der Waals surface area contributed by atoms with E-state index < -0.39 is 0 Å². The molecular formula is C20H19N5OS. The fourth-order valence-electron chi connectivity index (χ4n) is 3.92. The van der Waals surface area contributed by atoms with Crippen LogP contribution in [0.1, 0.15) is 37.3 Å². The van der Waals surface area contributed by atoms with E-state index in [-0.39, 0.29) is 11.6 Å². The number of benzene rings is 1. The summed E-state index contributed by atoms with van der Waals surface area (Å²) in [4.78, 5) is 17.4. The molecule has 1 aliphatic rings. The summed E-state index contributed by atoms with van der Waals surface area (Å²) in [6.45, 7) is 0. The molecule has 1 aromatic carbocycles. The molecule has 1 saturated carbocycles. The zero-order chi connectivity index (χ0) is 18.2. The second-order valence-corrected chi connectivity index (χ2v) is 7.84. The predicted octanol–water partition coefficient (Wildman–Crippen LogP) is 3.85. The van der Waals surface area contributed by atoms with Gasteiger partial charge in [-0.25, -0.2) is 0 Å². The van der Waals surface area contributed by atoms with Crippen LogP contribution in [0, 0.1) is 0 Å². The molecule has 1 fully saturated rings. The first-order chi connectivity index (χ1) is 13.3. The maximum absolute atomic E-state index is 13.2. The van der Waals surface area contributed by atoms with E-state index in [1.54, 1.807) is 18.0 Å². The quantitative estimate of drug-likeness (QED) is 0.506. The first kappa shape index (κ1) is 16.5. The number of aromatic nitrogens is 5. The molecule has 0 atom stereocenters. The summed E-state index contributed by atoms with van der Waals surface area (Å²) in [7, 11) is 0. The predicted molar refractivity (Wildman–Crippen MR) is 106 cm³/mol. The van der Waals surface area contributed by atoms with Crippen molar-refractivity contribution in [3.05, 3.63) is 64.7 Å². The first-order valence-electron chi connectivity index (χ1n) is 9.23. The maximum atomic E-state index is 13.2. The van der Waals surface area contributed by atoms with Gasteiger partial charge in [0.25, 0.3) is 5.56 Å². The molecule has 0 saturated heterocycles. The van der Waals surface area contributed by atoms with Crippen LogP contribution in [0.2, 0.25) is 0 Å². The van der Waals surface area contributed by atoms with Gasteiger partial charge in [0.1, 0.15) is 0 Å². The van der Waals surface area contributed by atoms with Crippen molar-refractivity contribution in [3.8, 4) is 0 Å². The third-order valence-electron chi connectivity index (χ3n) is 5.21. The molecule has 0 aliphatic heterocycles. The average molecular weight is 377 g/mol. The van der Waals surface area contributed by atoms with Crippen molar-refractivity contribution < 1.29 is 0 Å². The maximum Gasteiger partial charge on any atom is 0.263 e. The molecule has 136 valence electrons.